The number of urea groups is 1. The van der Waals surface area contributed by atoms with Crippen molar-refractivity contribution in [1.29, 1.82) is 0 Å². The van der Waals surface area contributed by atoms with Crippen molar-refractivity contribution in [2.45, 2.75) is 96.4 Å². The molecule has 4 atom stereocenters. The number of nitrogens with zero attached hydrogens (tertiary/aromatic N) is 7. The molecule has 14 nitrogen and oxygen atoms in total. The number of anilines is 2. The number of nitrogens with one attached hydrogen (secondary N) is 2. The molecule has 56 heavy (non-hydrogen) atoms. The number of ether oxygens (including phenoxy) is 2. The Morgan fingerprint density at radius 1 is 1.00 bits per heavy atom. The van der Waals surface area contributed by atoms with Gasteiger partial charge in [0.15, 0.2) is 5.65 Å². The minimum atomic E-state index is -0.296. The number of amides is 2. The molecule has 3 N–H and O–H groups in total. The van der Waals surface area contributed by atoms with Crippen LogP contribution in [0.4, 0.5) is 16.6 Å². The fourth-order valence-corrected chi connectivity index (χ4v) is 7.52. The fraction of sp³-hybridized carbons (Fsp3) is 0.452. The monoisotopic (exact) mass is 765 g/mol. The van der Waals surface area contributed by atoms with Crippen molar-refractivity contribution in [2.24, 2.45) is 0 Å². The lowest BCUT2D eigenvalue weighted by Gasteiger charge is -2.33. The van der Waals surface area contributed by atoms with Gasteiger partial charge < -0.3 is 29.7 Å². The van der Waals surface area contributed by atoms with Gasteiger partial charge in [-0.05, 0) is 95.4 Å². The maximum atomic E-state index is 13.8. The number of rotatable bonds is 10. The van der Waals surface area contributed by atoms with Gasteiger partial charge in [-0.3, -0.25) is 14.5 Å². The van der Waals surface area contributed by atoms with Crippen molar-refractivity contribution in [3.63, 3.8) is 0 Å². The zero-order valence-electron chi connectivity index (χ0n) is 33.5. The first kappa shape index (κ1) is 40.0. The molecule has 1 saturated heterocycles. The Balaban J connectivity index is 0.00000172. The first-order valence-electron chi connectivity index (χ1n) is 19.4. The van der Waals surface area contributed by atoms with E-state index in [0.29, 0.717) is 11.9 Å². The van der Waals surface area contributed by atoms with E-state index in [1.807, 2.05) is 79.3 Å². The summed E-state index contributed by atoms with van der Waals surface area (Å²) in [5.74, 6) is 2.95. The number of hydrogen-bond donors (Lipinski definition) is 3. The normalized spacial score (nSPS) is 18.7. The molecule has 1 aliphatic heterocycles. The first-order valence-corrected chi connectivity index (χ1v) is 19.4. The molecule has 298 valence electrons. The number of piperidine rings is 1. The smallest absolute Gasteiger partial charge is 0.320 e. The van der Waals surface area contributed by atoms with Crippen LogP contribution in [0.3, 0.4) is 0 Å². The van der Waals surface area contributed by atoms with Crippen LogP contribution in [0, 0.1) is 0 Å². The van der Waals surface area contributed by atoms with Gasteiger partial charge in [0.2, 0.25) is 5.95 Å². The van der Waals surface area contributed by atoms with Crippen LogP contribution in [-0.2, 0) is 10.2 Å². The number of pyridine rings is 1. The highest BCUT2D eigenvalue weighted by atomic mass is 16.5. The van der Waals surface area contributed by atoms with Gasteiger partial charge in [0.1, 0.15) is 29.5 Å². The summed E-state index contributed by atoms with van der Waals surface area (Å²) in [7, 11) is 4.06. The lowest BCUT2D eigenvalue weighted by molar-refractivity contribution is -0.122. The average molecular weight is 766 g/mol. The maximum Gasteiger partial charge on any atom is 0.320 e. The number of carbonyl (C=O) groups excluding carboxylic acids is 1. The number of likely N-dealkylation sites (N-methyl/N-ethyl adjacent to an activating group) is 1. The number of hydrogen-bond acceptors (Lipinski definition) is 9. The molecule has 0 saturated carbocycles. The molecule has 0 unspecified atom stereocenters. The molecule has 14 heteroatoms. The fourth-order valence-electron chi connectivity index (χ4n) is 7.52. The third-order valence-electron chi connectivity index (χ3n) is 10.2. The van der Waals surface area contributed by atoms with Crippen LogP contribution in [0.15, 0.2) is 72.9 Å². The number of benzene rings is 2. The lowest BCUT2D eigenvalue weighted by Crippen LogP contribution is -2.38. The topological polar surface area (TPSA) is 151 Å². The van der Waals surface area contributed by atoms with E-state index in [0.717, 1.165) is 84.4 Å². The van der Waals surface area contributed by atoms with E-state index >= 15 is 0 Å². The Hall–Kier alpha value is -5.63. The minimum absolute atomic E-state index is 0.00802. The molecule has 3 aromatic heterocycles. The molecule has 1 fully saturated rings. The van der Waals surface area contributed by atoms with Crippen LogP contribution >= 0.6 is 0 Å². The Bertz CT molecular complexity index is 2110. The zero-order chi connectivity index (χ0) is 40.0. The Morgan fingerprint density at radius 2 is 1.77 bits per heavy atom. The predicted octanol–water partition coefficient (Wildman–Crippen LogP) is 7.40. The van der Waals surface area contributed by atoms with Crippen LogP contribution in [0.1, 0.15) is 95.7 Å². The van der Waals surface area contributed by atoms with Crippen LogP contribution in [0.25, 0.3) is 11.3 Å². The largest absolute Gasteiger partial charge is 0.489 e. The Morgan fingerprint density at radius 3 is 2.50 bits per heavy atom. The molecule has 2 aliphatic rings. The summed E-state index contributed by atoms with van der Waals surface area (Å²) in [4.78, 5) is 26.6. The van der Waals surface area contributed by atoms with Gasteiger partial charge in [-0.1, -0.05) is 51.1 Å². The first-order chi connectivity index (χ1) is 26.8. The van der Waals surface area contributed by atoms with E-state index in [-0.39, 0.29) is 36.2 Å². The number of carbonyl (C=O) groups is 2. The standard InChI is InChI=1S/C41H53N9O3.CH2O2/c1-27-13-10-11-22-48(27)40-45-44-37-21-18-31(26-49(37)40)53-35-20-19-34(32-16-8-9-17-33(32)35)42-39(51)43-38-24-36(41(3,4)5)46-50(38)29-14-12-15-30(23-29)52-28(2)25-47(6)7;2-1-3/h8-9,12,14-18,21,23-24,26-28,34-35H,10-11,13,19-20,22,25H2,1-7H3,(H2,42,43,51);1H,(H,2,3)/t27-,28-,34-,35+;/m0./s1. The number of aromatic nitrogens is 5. The van der Waals surface area contributed by atoms with E-state index in [9.17, 15) is 4.79 Å². The summed E-state index contributed by atoms with van der Waals surface area (Å²) in [5, 5.41) is 27.2. The second kappa shape index (κ2) is 17.4. The SMILES string of the molecule is C[C@@H](CN(C)C)Oc1cccc(-n2nc(C(C)(C)C)cc2NC(=O)N[C@H]2CC[C@@H](Oc3ccc4nnc(N5CCCC[C@@H]5C)n4c3)c3ccccc32)c1.O=CO. The van der Waals surface area contributed by atoms with Gasteiger partial charge in [0.25, 0.3) is 6.47 Å². The minimum Gasteiger partial charge on any atom is -0.489 e. The zero-order valence-corrected chi connectivity index (χ0v) is 33.5. The summed E-state index contributed by atoms with van der Waals surface area (Å²) < 4.78 is 16.7. The predicted molar refractivity (Wildman–Crippen MR) is 217 cm³/mol. The highest BCUT2D eigenvalue weighted by molar-refractivity contribution is 5.89. The quantitative estimate of drug-likeness (QED) is 0.123. The molecule has 0 radical (unpaired) electrons. The van der Waals surface area contributed by atoms with Crippen molar-refractivity contribution >= 4 is 29.9 Å². The summed E-state index contributed by atoms with van der Waals surface area (Å²) in [6, 6.07) is 21.9. The van der Waals surface area contributed by atoms with E-state index in [4.69, 9.17) is 24.5 Å². The third-order valence-corrected chi connectivity index (χ3v) is 10.2. The lowest BCUT2D eigenvalue weighted by atomic mass is 9.85. The summed E-state index contributed by atoms with van der Waals surface area (Å²) in [6.45, 7) is 12.2. The van der Waals surface area contributed by atoms with Crippen molar-refractivity contribution in [2.75, 3.05) is 37.4 Å². The summed E-state index contributed by atoms with van der Waals surface area (Å²) in [6.07, 6.45) is 6.86. The van der Waals surface area contributed by atoms with Crippen molar-refractivity contribution in [1.82, 2.24) is 34.6 Å². The second-order valence-electron chi connectivity index (χ2n) is 16.0. The van der Waals surface area contributed by atoms with Gasteiger partial charge in [-0.15, -0.1) is 10.2 Å². The summed E-state index contributed by atoms with van der Waals surface area (Å²) >= 11 is 0. The maximum absolute atomic E-state index is 13.8. The van der Waals surface area contributed by atoms with E-state index in [1.165, 1.54) is 6.42 Å². The molecule has 0 bridgehead atoms. The highest BCUT2D eigenvalue weighted by Gasteiger charge is 2.31. The summed E-state index contributed by atoms with van der Waals surface area (Å²) in [5.41, 5.74) is 4.36. The van der Waals surface area contributed by atoms with Gasteiger partial charge in [0.05, 0.1) is 23.6 Å². The number of fused-ring (bicyclic) bond motifs is 2. The molecule has 2 aromatic carbocycles. The molecule has 1 aliphatic carbocycles. The van der Waals surface area contributed by atoms with Crippen molar-refractivity contribution < 1.29 is 24.2 Å². The third kappa shape index (κ3) is 9.41. The van der Waals surface area contributed by atoms with E-state index in [2.05, 4.69) is 77.4 Å². The van der Waals surface area contributed by atoms with Gasteiger partial charge in [-0.2, -0.15) is 5.10 Å². The van der Waals surface area contributed by atoms with Crippen LogP contribution in [-0.4, -0.2) is 86.2 Å². The number of carboxylic acid groups (broad SMARTS) is 1. The molecule has 7 rings (SSSR count). The van der Waals surface area contributed by atoms with Crippen molar-refractivity contribution in [3.8, 4) is 17.2 Å². The van der Waals surface area contributed by atoms with Crippen LogP contribution in [0.2, 0.25) is 0 Å². The molecular formula is C42H55N9O5. The molecule has 0 spiro atoms. The van der Waals surface area contributed by atoms with E-state index < -0.39 is 0 Å². The molecule has 4 heterocycles. The Kier molecular flexibility index (Phi) is 12.5. The average Bonchev–Trinajstić information content (AvgIpc) is 3.77. The van der Waals surface area contributed by atoms with Gasteiger partial charge in [-0.25, -0.2) is 9.48 Å². The van der Waals surface area contributed by atoms with Crippen LogP contribution in [0.5, 0.6) is 11.5 Å². The van der Waals surface area contributed by atoms with E-state index in [1.54, 1.807) is 4.68 Å². The highest BCUT2D eigenvalue weighted by Crippen LogP contribution is 2.39. The van der Waals surface area contributed by atoms with Crippen molar-refractivity contribution in [3.05, 3.63) is 89.7 Å². The van der Waals surface area contributed by atoms with Gasteiger partial charge in [0, 0.05) is 36.7 Å². The molecule has 2 amide bonds. The molecular weight excluding hydrogens is 711 g/mol. The van der Waals surface area contributed by atoms with Gasteiger partial charge >= 0.3 is 6.03 Å². The van der Waals surface area contributed by atoms with Crippen LogP contribution < -0.4 is 25.0 Å². The Labute approximate surface area is 328 Å². The second-order valence-corrected chi connectivity index (χ2v) is 16.0. The molecule has 5 aromatic rings.